The predicted molar refractivity (Wildman–Crippen MR) is 106 cm³/mol. The number of pyridine rings is 1. The fourth-order valence-corrected chi connectivity index (χ4v) is 5.16. The zero-order valence-electron chi connectivity index (χ0n) is 15.2. The van der Waals surface area contributed by atoms with Gasteiger partial charge in [0.1, 0.15) is 17.0 Å². The van der Waals surface area contributed by atoms with Gasteiger partial charge in [0.15, 0.2) is 0 Å². The monoisotopic (exact) mass is 390 g/mol. The van der Waals surface area contributed by atoms with Crippen molar-refractivity contribution < 1.29 is 4.52 Å². The van der Waals surface area contributed by atoms with Gasteiger partial charge in [-0.25, -0.2) is 9.97 Å². The Bertz CT molecular complexity index is 1130. The van der Waals surface area contributed by atoms with Crippen LogP contribution in [0.25, 0.3) is 21.6 Å². The summed E-state index contributed by atoms with van der Waals surface area (Å²) >= 11 is 1.67. The van der Waals surface area contributed by atoms with Gasteiger partial charge in [-0.15, -0.1) is 11.3 Å². The lowest BCUT2D eigenvalue weighted by molar-refractivity contribution is 0.326. The zero-order valence-corrected chi connectivity index (χ0v) is 16.0. The van der Waals surface area contributed by atoms with Crippen LogP contribution in [-0.2, 0) is 0 Å². The van der Waals surface area contributed by atoms with Gasteiger partial charge in [-0.2, -0.15) is 4.98 Å². The number of hydrogen-bond acceptors (Lipinski definition) is 8. The van der Waals surface area contributed by atoms with Crippen LogP contribution in [0.5, 0.6) is 0 Å². The maximum atomic E-state index is 5.61. The minimum Gasteiger partial charge on any atom is -0.356 e. The summed E-state index contributed by atoms with van der Waals surface area (Å²) in [7, 11) is 0. The molecule has 2 aliphatic rings. The first-order chi connectivity index (χ1) is 13.8. The molecule has 1 aliphatic heterocycles. The first-order valence-corrected chi connectivity index (χ1v) is 10.4. The molecule has 7 nitrogen and oxygen atoms in total. The highest BCUT2D eigenvalue weighted by molar-refractivity contribution is 7.16. The molecule has 1 atom stereocenters. The molecule has 1 spiro atoms. The lowest BCUT2D eigenvalue weighted by atomic mass is 9.90. The van der Waals surface area contributed by atoms with Crippen molar-refractivity contribution in [3.63, 3.8) is 0 Å². The van der Waals surface area contributed by atoms with Gasteiger partial charge in [0.05, 0.1) is 5.39 Å². The molecule has 28 heavy (non-hydrogen) atoms. The highest BCUT2D eigenvalue weighted by Crippen LogP contribution is 2.64. The van der Waals surface area contributed by atoms with Crippen LogP contribution in [0.3, 0.4) is 0 Å². The average Bonchev–Trinajstić information content (AvgIpc) is 3.13. The predicted octanol–water partition coefficient (Wildman–Crippen LogP) is 3.91. The average molecular weight is 390 g/mol. The Morgan fingerprint density at radius 2 is 2.11 bits per heavy atom. The molecule has 4 aromatic heterocycles. The number of anilines is 1. The third-order valence-corrected chi connectivity index (χ3v) is 6.97. The van der Waals surface area contributed by atoms with Crippen molar-refractivity contribution in [1.29, 1.82) is 0 Å². The third-order valence-electron chi connectivity index (χ3n) is 6.15. The molecule has 1 saturated carbocycles. The van der Waals surface area contributed by atoms with Crippen molar-refractivity contribution in [2.24, 2.45) is 5.41 Å². The molecule has 5 heterocycles. The van der Waals surface area contributed by atoms with E-state index in [-0.39, 0.29) is 0 Å². The van der Waals surface area contributed by atoms with Gasteiger partial charge in [-0.3, -0.25) is 4.98 Å². The van der Waals surface area contributed by atoms with E-state index in [2.05, 4.69) is 41.4 Å². The third kappa shape index (κ3) is 2.51. The van der Waals surface area contributed by atoms with E-state index in [9.17, 15) is 0 Å². The van der Waals surface area contributed by atoms with Gasteiger partial charge in [-0.05, 0) is 48.3 Å². The molecular weight excluding hydrogens is 372 g/mol. The van der Waals surface area contributed by atoms with Gasteiger partial charge in [0.2, 0.25) is 11.7 Å². The van der Waals surface area contributed by atoms with Crippen molar-refractivity contribution >= 4 is 27.4 Å². The van der Waals surface area contributed by atoms with Crippen LogP contribution in [0.2, 0.25) is 0 Å². The van der Waals surface area contributed by atoms with Crippen LogP contribution >= 0.6 is 11.3 Å². The Hall–Kier alpha value is -2.87. The van der Waals surface area contributed by atoms with Crippen molar-refractivity contribution in [1.82, 2.24) is 25.1 Å². The molecule has 0 aromatic carbocycles. The summed E-state index contributed by atoms with van der Waals surface area (Å²) in [5.41, 5.74) is 1.20. The van der Waals surface area contributed by atoms with Gasteiger partial charge in [-0.1, -0.05) is 5.16 Å². The molecule has 0 amide bonds. The standard InChI is InChI=1S/C20H18N6OS/c1-2-13(11-21-6-1)16-24-18(27-25-16)15-10-20(15)4-7-26(8-5-20)17-14-3-9-28-19(14)23-12-22-17/h1-3,6,9,11-12,15H,4-5,7-8,10H2/t15-/m0/s1. The number of nitrogens with zero attached hydrogens (tertiary/aromatic N) is 6. The van der Waals surface area contributed by atoms with E-state index < -0.39 is 0 Å². The summed E-state index contributed by atoms with van der Waals surface area (Å²) in [5.74, 6) is 2.84. The van der Waals surface area contributed by atoms with Crippen LogP contribution in [0, 0.1) is 5.41 Å². The lowest BCUT2D eigenvalue weighted by Crippen LogP contribution is -2.35. The van der Waals surface area contributed by atoms with E-state index in [0.29, 0.717) is 17.2 Å². The zero-order chi connectivity index (χ0) is 18.6. The quantitative estimate of drug-likeness (QED) is 0.524. The van der Waals surface area contributed by atoms with E-state index in [1.165, 1.54) is 0 Å². The Kier molecular flexibility index (Phi) is 3.49. The van der Waals surface area contributed by atoms with Gasteiger partial charge in [0.25, 0.3) is 0 Å². The first kappa shape index (κ1) is 16.1. The van der Waals surface area contributed by atoms with Crippen LogP contribution < -0.4 is 4.90 Å². The van der Waals surface area contributed by atoms with Crippen LogP contribution in [0.4, 0.5) is 5.82 Å². The van der Waals surface area contributed by atoms with E-state index in [1.54, 1.807) is 30.1 Å². The highest BCUT2D eigenvalue weighted by Gasteiger charge is 2.58. The normalized spacial score (nSPS) is 20.7. The van der Waals surface area contributed by atoms with E-state index >= 15 is 0 Å². The minimum atomic E-state index is 0.302. The minimum absolute atomic E-state index is 0.302. The van der Waals surface area contributed by atoms with Crippen molar-refractivity contribution in [3.8, 4) is 11.4 Å². The molecule has 0 unspecified atom stereocenters. The number of piperidine rings is 1. The molecule has 8 heteroatoms. The molecule has 6 rings (SSSR count). The van der Waals surface area contributed by atoms with Crippen LogP contribution in [-0.4, -0.2) is 38.2 Å². The topological polar surface area (TPSA) is 80.8 Å². The Labute approximate surface area is 165 Å². The maximum Gasteiger partial charge on any atom is 0.230 e. The Morgan fingerprint density at radius 1 is 1.18 bits per heavy atom. The second-order valence-corrected chi connectivity index (χ2v) is 8.54. The lowest BCUT2D eigenvalue weighted by Gasteiger charge is -2.33. The summed E-state index contributed by atoms with van der Waals surface area (Å²) in [6, 6.07) is 5.96. The van der Waals surface area contributed by atoms with Gasteiger partial charge in [0, 0.05) is 37.0 Å². The molecule has 4 aromatic rings. The summed E-state index contributed by atoms with van der Waals surface area (Å²) in [6.07, 6.45) is 8.57. The fourth-order valence-electron chi connectivity index (χ4n) is 4.43. The van der Waals surface area contributed by atoms with Crippen molar-refractivity contribution in [2.45, 2.75) is 25.2 Å². The van der Waals surface area contributed by atoms with Crippen LogP contribution in [0.1, 0.15) is 31.1 Å². The molecule has 2 fully saturated rings. The number of thiophene rings is 1. The highest BCUT2D eigenvalue weighted by atomic mass is 32.1. The molecule has 140 valence electrons. The van der Waals surface area contributed by atoms with Crippen molar-refractivity contribution in [3.05, 3.63) is 48.2 Å². The summed E-state index contributed by atoms with van der Waals surface area (Å²) in [6.45, 7) is 2.00. The molecule has 0 N–H and O–H groups in total. The SMILES string of the molecule is c1cncc(-c2noc([C@@H]3CC34CCN(c3ncnc5sccc35)CC4)n2)c1. The second kappa shape index (κ2) is 6.07. The number of fused-ring (bicyclic) bond motifs is 1. The van der Waals surface area contributed by atoms with Gasteiger partial charge >= 0.3 is 0 Å². The summed E-state index contributed by atoms with van der Waals surface area (Å²) in [4.78, 5) is 21.2. The molecule has 1 saturated heterocycles. The fraction of sp³-hybridized carbons (Fsp3) is 0.350. The van der Waals surface area contributed by atoms with Crippen LogP contribution in [0.15, 0.2) is 46.8 Å². The smallest absolute Gasteiger partial charge is 0.230 e. The van der Waals surface area contributed by atoms with E-state index in [4.69, 9.17) is 4.52 Å². The Balaban J connectivity index is 1.18. The molecule has 0 radical (unpaired) electrons. The van der Waals surface area contributed by atoms with E-state index in [1.807, 2.05) is 12.1 Å². The largest absolute Gasteiger partial charge is 0.356 e. The van der Waals surface area contributed by atoms with Crippen molar-refractivity contribution in [2.75, 3.05) is 18.0 Å². The molecular formula is C20H18N6OS. The van der Waals surface area contributed by atoms with Gasteiger partial charge < -0.3 is 9.42 Å². The maximum absolute atomic E-state index is 5.61. The second-order valence-electron chi connectivity index (χ2n) is 7.64. The first-order valence-electron chi connectivity index (χ1n) is 9.50. The molecule has 0 bridgehead atoms. The number of aromatic nitrogens is 5. The van der Waals surface area contributed by atoms with E-state index in [0.717, 1.165) is 59.8 Å². The number of hydrogen-bond donors (Lipinski definition) is 0. The molecule has 1 aliphatic carbocycles. The number of rotatable bonds is 3. The summed E-state index contributed by atoms with van der Waals surface area (Å²) < 4.78 is 5.61. The summed E-state index contributed by atoms with van der Waals surface area (Å²) in [5, 5.41) is 7.41. The Morgan fingerprint density at radius 3 is 2.96 bits per heavy atom.